The average molecular weight is 388 g/mol. The predicted molar refractivity (Wildman–Crippen MR) is 112 cm³/mol. The van der Waals surface area contributed by atoms with Gasteiger partial charge in [-0.3, -0.25) is 9.79 Å². The Morgan fingerprint density at radius 3 is 2.59 bits per heavy atom. The number of nitrogens with zero attached hydrogens (tertiary/aromatic N) is 3. The van der Waals surface area contributed by atoms with Gasteiger partial charge >= 0.3 is 0 Å². The summed E-state index contributed by atoms with van der Waals surface area (Å²) >= 11 is 1.65. The normalized spacial score (nSPS) is 11.3. The van der Waals surface area contributed by atoms with Gasteiger partial charge in [-0.05, 0) is 31.0 Å². The minimum Gasteiger partial charge on any atom is -0.352 e. The standard InChI is InChI=1S/C20H29N5OS/c1-5-6-11-22-19(26)17-9-7-16(8-10-17)12-23-20(21-3)25(4)13-18-14-27-15(2)24-18/h7-10,14H,5-6,11-13H2,1-4H3,(H,21,23)(H,22,26). The summed E-state index contributed by atoms with van der Waals surface area (Å²) in [6.07, 6.45) is 2.07. The van der Waals surface area contributed by atoms with Gasteiger partial charge in [0, 0.05) is 38.1 Å². The highest BCUT2D eigenvalue weighted by molar-refractivity contribution is 7.09. The van der Waals surface area contributed by atoms with Gasteiger partial charge in [0.2, 0.25) is 0 Å². The van der Waals surface area contributed by atoms with Crippen LogP contribution in [0, 0.1) is 6.92 Å². The van der Waals surface area contributed by atoms with E-state index in [0.29, 0.717) is 18.7 Å². The zero-order chi connectivity index (χ0) is 19.6. The molecule has 1 amide bonds. The molecule has 2 aromatic rings. The van der Waals surface area contributed by atoms with Crippen LogP contribution >= 0.6 is 11.3 Å². The van der Waals surface area contributed by atoms with Crippen molar-refractivity contribution >= 4 is 23.2 Å². The Labute approximate surface area is 165 Å². The molecule has 0 atom stereocenters. The Morgan fingerprint density at radius 1 is 1.26 bits per heavy atom. The number of carbonyl (C=O) groups is 1. The van der Waals surface area contributed by atoms with Gasteiger partial charge in [-0.25, -0.2) is 4.98 Å². The fraction of sp³-hybridized carbons (Fsp3) is 0.450. The lowest BCUT2D eigenvalue weighted by Crippen LogP contribution is -2.38. The molecule has 0 aliphatic heterocycles. The maximum atomic E-state index is 12.1. The minimum atomic E-state index is -0.0166. The second-order valence-electron chi connectivity index (χ2n) is 6.42. The molecule has 27 heavy (non-hydrogen) atoms. The Kier molecular flexibility index (Phi) is 8.26. The largest absolute Gasteiger partial charge is 0.352 e. The van der Waals surface area contributed by atoms with Crippen LogP contribution in [0.4, 0.5) is 0 Å². The van der Waals surface area contributed by atoms with E-state index < -0.39 is 0 Å². The first-order valence-corrected chi connectivity index (χ1v) is 10.1. The van der Waals surface area contributed by atoms with Gasteiger partial charge in [0.15, 0.2) is 5.96 Å². The molecule has 0 saturated heterocycles. The molecule has 1 aromatic carbocycles. The van der Waals surface area contributed by atoms with Crippen LogP contribution in [0.2, 0.25) is 0 Å². The van der Waals surface area contributed by atoms with Crippen LogP contribution < -0.4 is 10.6 Å². The molecular weight excluding hydrogens is 358 g/mol. The second-order valence-corrected chi connectivity index (χ2v) is 7.48. The van der Waals surface area contributed by atoms with Crippen molar-refractivity contribution in [1.29, 1.82) is 0 Å². The number of nitrogens with one attached hydrogen (secondary N) is 2. The van der Waals surface area contributed by atoms with Crippen molar-refractivity contribution in [3.63, 3.8) is 0 Å². The summed E-state index contributed by atoms with van der Waals surface area (Å²) in [5.41, 5.74) is 2.83. The van der Waals surface area contributed by atoms with Gasteiger partial charge in [0.1, 0.15) is 0 Å². The number of hydrogen-bond donors (Lipinski definition) is 2. The monoisotopic (exact) mass is 387 g/mol. The SMILES string of the molecule is CCCCNC(=O)c1ccc(CNC(=NC)N(C)Cc2csc(C)n2)cc1. The topological polar surface area (TPSA) is 69.6 Å². The van der Waals surface area contributed by atoms with Gasteiger partial charge in [-0.1, -0.05) is 25.5 Å². The molecule has 0 aliphatic carbocycles. The fourth-order valence-electron chi connectivity index (χ4n) is 2.62. The van der Waals surface area contributed by atoms with E-state index in [1.54, 1.807) is 18.4 Å². The van der Waals surface area contributed by atoms with E-state index in [1.165, 1.54) is 0 Å². The first-order valence-electron chi connectivity index (χ1n) is 9.23. The number of guanidine groups is 1. The van der Waals surface area contributed by atoms with Gasteiger partial charge < -0.3 is 15.5 Å². The molecule has 1 aromatic heterocycles. The van der Waals surface area contributed by atoms with Crippen LogP contribution in [0.15, 0.2) is 34.6 Å². The molecule has 7 heteroatoms. The molecule has 2 rings (SSSR count). The van der Waals surface area contributed by atoms with Crippen molar-refractivity contribution < 1.29 is 4.79 Å². The third kappa shape index (κ3) is 6.67. The Hall–Kier alpha value is -2.41. The van der Waals surface area contributed by atoms with Crippen molar-refractivity contribution in [3.05, 3.63) is 51.5 Å². The van der Waals surface area contributed by atoms with Gasteiger partial charge in [0.25, 0.3) is 5.91 Å². The number of amides is 1. The molecule has 0 radical (unpaired) electrons. The van der Waals surface area contributed by atoms with Crippen LogP contribution in [0.5, 0.6) is 0 Å². The molecule has 6 nitrogen and oxygen atoms in total. The summed E-state index contributed by atoms with van der Waals surface area (Å²) in [5.74, 6) is 0.791. The Balaban J connectivity index is 1.85. The maximum Gasteiger partial charge on any atom is 0.251 e. The zero-order valence-corrected chi connectivity index (χ0v) is 17.4. The van der Waals surface area contributed by atoms with Crippen LogP contribution in [0.3, 0.4) is 0 Å². The average Bonchev–Trinajstić information content (AvgIpc) is 3.07. The highest BCUT2D eigenvalue weighted by Crippen LogP contribution is 2.10. The van der Waals surface area contributed by atoms with E-state index in [0.717, 1.165) is 41.6 Å². The van der Waals surface area contributed by atoms with E-state index in [1.807, 2.05) is 43.1 Å². The van der Waals surface area contributed by atoms with Gasteiger partial charge in [0.05, 0.1) is 17.2 Å². The number of aliphatic imine (C=N–C) groups is 1. The van der Waals surface area contributed by atoms with Gasteiger partial charge in [-0.15, -0.1) is 11.3 Å². The van der Waals surface area contributed by atoms with E-state index in [9.17, 15) is 4.79 Å². The quantitative estimate of drug-likeness (QED) is 0.415. The van der Waals surface area contributed by atoms with E-state index in [4.69, 9.17) is 0 Å². The summed E-state index contributed by atoms with van der Waals surface area (Å²) in [6, 6.07) is 7.67. The third-order valence-electron chi connectivity index (χ3n) is 4.12. The summed E-state index contributed by atoms with van der Waals surface area (Å²) in [6.45, 7) is 6.19. The first-order chi connectivity index (χ1) is 13.0. The molecule has 0 spiro atoms. The van der Waals surface area contributed by atoms with Crippen molar-refractivity contribution in [2.24, 2.45) is 4.99 Å². The summed E-state index contributed by atoms with van der Waals surface area (Å²) in [7, 11) is 3.77. The summed E-state index contributed by atoms with van der Waals surface area (Å²) in [4.78, 5) is 22.9. The zero-order valence-electron chi connectivity index (χ0n) is 16.6. The number of rotatable bonds is 8. The van der Waals surface area contributed by atoms with Crippen LogP contribution in [-0.4, -0.2) is 42.4 Å². The first kappa shape index (κ1) is 20.9. The molecule has 0 bridgehead atoms. The van der Waals surface area contributed by atoms with E-state index in [-0.39, 0.29) is 5.91 Å². The molecule has 0 fully saturated rings. The Bertz CT molecular complexity index is 754. The molecule has 0 aliphatic rings. The predicted octanol–water partition coefficient (Wildman–Crippen LogP) is 3.19. The van der Waals surface area contributed by atoms with Gasteiger partial charge in [-0.2, -0.15) is 0 Å². The van der Waals surface area contributed by atoms with Crippen LogP contribution in [0.1, 0.15) is 46.4 Å². The highest BCUT2D eigenvalue weighted by Gasteiger charge is 2.09. The lowest BCUT2D eigenvalue weighted by atomic mass is 10.1. The summed E-state index contributed by atoms with van der Waals surface area (Å²) < 4.78 is 0. The smallest absolute Gasteiger partial charge is 0.251 e. The lowest BCUT2D eigenvalue weighted by molar-refractivity contribution is 0.0953. The van der Waals surface area contributed by atoms with E-state index in [2.05, 4.69) is 32.9 Å². The van der Waals surface area contributed by atoms with Crippen molar-refractivity contribution in [3.8, 4) is 0 Å². The minimum absolute atomic E-state index is 0.0166. The number of aryl methyl sites for hydroxylation is 1. The number of benzene rings is 1. The fourth-order valence-corrected chi connectivity index (χ4v) is 3.22. The summed E-state index contributed by atoms with van der Waals surface area (Å²) in [5, 5.41) is 9.43. The third-order valence-corrected chi connectivity index (χ3v) is 4.94. The van der Waals surface area contributed by atoms with Crippen molar-refractivity contribution in [2.75, 3.05) is 20.6 Å². The molecule has 0 saturated carbocycles. The molecular formula is C20H29N5OS. The number of thiazole rings is 1. The van der Waals surface area contributed by atoms with Crippen molar-refractivity contribution in [2.45, 2.75) is 39.8 Å². The molecule has 2 N–H and O–H groups in total. The highest BCUT2D eigenvalue weighted by atomic mass is 32.1. The number of unbranched alkanes of at least 4 members (excludes halogenated alkanes) is 1. The maximum absolute atomic E-state index is 12.1. The lowest BCUT2D eigenvalue weighted by Gasteiger charge is -2.21. The molecule has 1 heterocycles. The molecule has 0 unspecified atom stereocenters. The number of carbonyl (C=O) groups excluding carboxylic acids is 1. The molecule has 146 valence electrons. The van der Waals surface area contributed by atoms with Crippen LogP contribution in [0.25, 0.3) is 0 Å². The number of aromatic nitrogens is 1. The van der Waals surface area contributed by atoms with Crippen LogP contribution in [-0.2, 0) is 13.1 Å². The second kappa shape index (κ2) is 10.7. The van der Waals surface area contributed by atoms with Crippen molar-refractivity contribution in [1.82, 2.24) is 20.5 Å². The number of hydrogen-bond acceptors (Lipinski definition) is 4. The Morgan fingerprint density at radius 2 is 2.00 bits per heavy atom. The van der Waals surface area contributed by atoms with E-state index >= 15 is 0 Å².